The lowest BCUT2D eigenvalue weighted by molar-refractivity contribution is -0.120. The molecule has 6 nitrogen and oxygen atoms in total. The first kappa shape index (κ1) is 23.7. The average Bonchev–Trinajstić information content (AvgIpc) is 3.08. The van der Waals surface area contributed by atoms with E-state index in [2.05, 4.69) is 27.3 Å². The van der Waals surface area contributed by atoms with Crippen LogP contribution in [0.15, 0.2) is 72.2 Å². The van der Waals surface area contributed by atoms with E-state index < -0.39 is 0 Å². The molecule has 1 N–H and O–H groups in total. The van der Waals surface area contributed by atoms with E-state index in [1.54, 1.807) is 6.08 Å². The van der Waals surface area contributed by atoms with E-state index in [4.69, 9.17) is 9.47 Å². The Labute approximate surface area is 199 Å². The van der Waals surface area contributed by atoms with E-state index in [9.17, 15) is 9.18 Å². The van der Waals surface area contributed by atoms with Crippen LogP contribution in [0.5, 0.6) is 5.75 Å². The van der Waals surface area contributed by atoms with Crippen molar-refractivity contribution in [3.63, 3.8) is 0 Å². The number of amides is 1. The molecule has 1 aromatic carbocycles. The summed E-state index contributed by atoms with van der Waals surface area (Å²) in [5, 5.41) is 2.89. The quantitative estimate of drug-likeness (QED) is 0.630. The van der Waals surface area contributed by atoms with E-state index in [1.807, 2.05) is 37.4 Å². The summed E-state index contributed by atoms with van der Waals surface area (Å²) in [4.78, 5) is 19.2. The van der Waals surface area contributed by atoms with E-state index in [0.29, 0.717) is 38.5 Å². The number of pyridine rings is 1. The number of nitrogens with zero attached hydrogens (tertiary/aromatic N) is 2. The number of carbonyl (C=O) groups excluding carboxylic acids is 1. The van der Waals surface area contributed by atoms with Gasteiger partial charge < -0.3 is 19.7 Å². The zero-order chi connectivity index (χ0) is 23.8. The lowest BCUT2D eigenvalue weighted by Crippen LogP contribution is -2.36. The van der Waals surface area contributed by atoms with Gasteiger partial charge >= 0.3 is 0 Å². The van der Waals surface area contributed by atoms with Gasteiger partial charge in [0.25, 0.3) is 0 Å². The largest absolute Gasteiger partial charge is 0.494 e. The monoisotopic (exact) mass is 463 g/mol. The molecule has 1 fully saturated rings. The van der Waals surface area contributed by atoms with Crippen molar-refractivity contribution in [1.29, 1.82) is 0 Å². The molecule has 1 aliphatic heterocycles. The minimum atomic E-state index is -0.258. The Morgan fingerprint density at radius 3 is 2.85 bits per heavy atom. The van der Waals surface area contributed by atoms with E-state index >= 15 is 0 Å². The van der Waals surface area contributed by atoms with Crippen LogP contribution in [0.4, 0.5) is 10.1 Å². The van der Waals surface area contributed by atoms with E-state index in [-0.39, 0.29) is 18.2 Å². The molecule has 2 aliphatic rings. The van der Waals surface area contributed by atoms with Crippen molar-refractivity contribution in [2.75, 3.05) is 44.4 Å². The van der Waals surface area contributed by atoms with Crippen molar-refractivity contribution in [2.45, 2.75) is 19.8 Å². The number of halogens is 1. The minimum Gasteiger partial charge on any atom is -0.494 e. The maximum atomic E-state index is 13.3. The van der Waals surface area contributed by atoms with Gasteiger partial charge in [0.2, 0.25) is 5.91 Å². The summed E-state index contributed by atoms with van der Waals surface area (Å²) < 4.78 is 24.5. The summed E-state index contributed by atoms with van der Waals surface area (Å²) in [5.41, 5.74) is 4.80. The molecule has 1 amide bonds. The van der Waals surface area contributed by atoms with E-state index in [1.165, 1.54) is 12.2 Å². The Hall–Kier alpha value is -3.45. The molecule has 4 rings (SSSR count). The molecule has 0 atom stereocenters. The third kappa shape index (κ3) is 6.32. The Kier molecular flexibility index (Phi) is 8.09. The zero-order valence-corrected chi connectivity index (χ0v) is 19.4. The van der Waals surface area contributed by atoms with Crippen molar-refractivity contribution < 1.29 is 18.7 Å². The number of hydrogen-bond donors (Lipinski definition) is 1. The highest BCUT2D eigenvalue weighted by Gasteiger charge is 2.17. The van der Waals surface area contributed by atoms with Crippen molar-refractivity contribution in [2.24, 2.45) is 0 Å². The molecule has 0 bridgehead atoms. The van der Waals surface area contributed by atoms with Gasteiger partial charge in [0.1, 0.15) is 11.6 Å². The van der Waals surface area contributed by atoms with Gasteiger partial charge in [0.05, 0.1) is 26.2 Å². The number of anilines is 1. The van der Waals surface area contributed by atoms with Gasteiger partial charge in [-0.25, -0.2) is 4.39 Å². The van der Waals surface area contributed by atoms with Gasteiger partial charge in [-0.15, -0.1) is 0 Å². The summed E-state index contributed by atoms with van der Waals surface area (Å²) in [6.07, 6.45) is 8.90. The summed E-state index contributed by atoms with van der Waals surface area (Å²) in [5.74, 6) is 0.464. The average molecular weight is 464 g/mol. The van der Waals surface area contributed by atoms with Crippen LogP contribution in [-0.4, -0.2) is 50.3 Å². The van der Waals surface area contributed by atoms with Crippen LogP contribution in [0.25, 0.3) is 11.1 Å². The first-order chi connectivity index (χ1) is 16.6. The molecule has 0 radical (unpaired) electrons. The van der Waals surface area contributed by atoms with Crippen LogP contribution in [0, 0.1) is 0 Å². The van der Waals surface area contributed by atoms with Crippen LogP contribution < -0.4 is 15.0 Å². The Morgan fingerprint density at radius 2 is 2.09 bits per heavy atom. The topological polar surface area (TPSA) is 63.7 Å². The maximum Gasteiger partial charge on any atom is 0.226 e. The molecular weight excluding hydrogens is 433 g/mol. The number of nitrogens with one attached hydrogen (secondary N) is 1. The zero-order valence-electron chi connectivity index (χ0n) is 19.4. The van der Waals surface area contributed by atoms with Crippen molar-refractivity contribution in [3.05, 3.63) is 77.9 Å². The number of carbonyl (C=O) groups is 1. The molecule has 0 spiro atoms. The molecule has 1 saturated heterocycles. The fraction of sp³-hybridized carbons (Fsp3) is 0.333. The van der Waals surface area contributed by atoms with Crippen LogP contribution >= 0.6 is 0 Å². The lowest BCUT2D eigenvalue weighted by Gasteiger charge is -2.31. The van der Waals surface area contributed by atoms with Gasteiger partial charge in [-0.1, -0.05) is 18.2 Å². The number of hydrogen-bond acceptors (Lipinski definition) is 5. The Balaban J connectivity index is 1.42. The molecule has 0 unspecified atom stereocenters. The number of morpholine rings is 1. The van der Waals surface area contributed by atoms with Crippen molar-refractivity contribution >= 4 is 11.6 Å². The summed E-state index contributed by atoms with van der Waals surface area (Å²) in [6, 6.07) is 10.00. The van der Waals surface area contributed by atoms with Crippen LogP contribution in [0.3, 0.4) is 0 Å². The lowest BCUT2D eigenvalue weighted by atomic mass is 10.0. The number of rotatable bonds is 8. The molecule has 1 aliphatic carbocycles. The van der Waals surface area contributed by atoms with Gasteiger partial charge in [0.15, 0.2) is 0 Å². The summed E-state index contributed by atoms with van der Waals surface area (Å²) in [6.45, 7) is 6.02. The van der Waals surface area contributed by atoms with Crippen LogP contribution in [0.2, 0.25) is 0 Å². The fourth-order valence-corrected chi connectivity index (χ4v) is 3.98. The fourth-order valence-electron chi connectivity index (χ4n) is 3.98. The van der Waals surface area contributed by atoms with Gasteiger partial charge in [0, 0.05) is 54.4 Å². The van der Waals surface area contributed by atoms with Gasteiger partial charge in [-0.3, -0.25) is 9.78 Å². The van der Waals surface area contributed by atoms with Crippen LogP contribution in [0.1, 0.15) is 19.0 Å². The van der Waals surface area contributed by atoms with Gasteiger partial charge in [-0.05, 0) is 49.3 Å². The summed E-state index contributed by atoms with van der Waals surface area (Å²) in [7, 11) is 0. The molecule has 2 heterocycles. The smallest absolute Gasteiger partial charge is 0.226 e. The Bertz CT molecular complexity index is 1080. The standard InChI is InChI=1S/C27H30FN3O3/c1-2-34-24-10-11-25(26(17-24)31-12-14-33-15-13-31)21-7-9-23(29-19-21)16-27(32)30-18-20-4-3-5-22(28)8-6-20/h3-5,7-11,17,19H,2,6,12-16,18H2,1H3,(H,30,32). The predicted molar refractivity (Wildman–Crippen MR) is 132 cm³/mol. The SMILES string of the molecule is CCOc1ccc(-c2ccc(CC(=O)NCC3=CC=CC(F)=CC3)nc2)c(N2CCOCC2)c1. The highest BCUT2D eigenvalue weighted by atomic mass is 19.1. The molecule has 7 heteroatoms. The predicted octanol–water partition coefficient (Wildman–Crippen LogP) is 4.38. The number of benzene rings is 1. The highest BCUT2D eigenvalue weighted by Crippen LogP contribution is 2.34. The number of allylic oxidation sites excluding steroid dienone is 5. The second-order valence-electron chi connectivity index (χ2n) is 8.18. The summed E-state index contributed by atoms with van der Waals surface area (Å²) >= 11 is 0. The maximum absolute atomic E-state index is 13.3. The second-order valence-corrected chi connectivity index (χ2v) is 8.18. The minimum absolute atomic E-state index is 0.117. The Morgan fingerprint density at radius 1 is 1.24 bits per heavy atom. The molecule has 34 heavy (non-hydrogen) atoms. The third-order valence-electron chi connectivity index (χ3n) is 5.77. The highest BCUT2D eigenvalue weighted by molar-refractivity contribution is 5.81. The van der Waals surface area contributed by atoms with Crippen molar-refractivity contribution in [3.8, 4) is 16.9 Å². The third-order valence-corrected chi connectivity index (χ3v) is 5.77. The first-order valence-electron chi connectivity index (χ1n) is 11.7. The van der Waals surface area contributed by atoms with Crippen molar-refractivity contribution in [1.82, 2.24) is 10.3 Å². The van der Waals surface area contributed by atoms with Gasteiger partial charge in [-0.2, -0.15) is 0 Å². The number of aromatic nitrogens is 1. The normalized spacial score (nSPS) is 15.9. The number of ether oxygens (including phenoxy) is 2. The molecule has 178 valence electrons. The van der Waals surface area contributed by atoms with E-state index in [0.717, 1.165) is 41.2 Å². The van der Waals surface area contributed by atoms with Crippen LogP contribution in [-0.2, 0) is 16.0 Å². The molecule has 1 aromatic heterocycles. The first-order valence-corrected chi connectivity index (χ1v) is 11.7. The second kappa shape index (κ2) is 11.6. The molecule has 0 saturated carbocycles. The molecular formula is C27H30FN3O3. The molecule has 2 aromatic rings.